The van der Waals surface area contributed by atoms with Gasteiger partial charge in [0.05, 0.1) is 0 Å². The van der Waals surface area contributed by atoms with Crippen LogP contribution in [0, 0.1) is 5.92 Å². The molecule has 1 heterocycles. The summed E-state index contributed by atoms with van der Waals surface area (Å²) in [4.78, 5) is 2.44. The van der Waals surface area contributed by atoms with Gasteiger partial charge < -0.3 is 0 Å². The summed E-state index contributed by atoms with van der Waals surface area (Å²) in [5.41, 5.74) is 0. The van der Waals surface area contributed by atoms with E-state index in [2.05, 4.69) is 11.9 Å². The Kier molecular flexibility index (Phi) is 3.33. The molecule has 1 rings (SSSR count). The fourth-order valence-electron chi connectivity index (χ4n) is 1.30. The van der Waals surface area contributed by atoms with E-state index in [1.807, 2.05) is 0 Å². The maximum absolute atomic E-state index is 2.44. The Bertz CT molecular complexity index is 77.0. The van der Waals surface area contributed by atoms with Crippen LogP contribution in [0.15, 0.2) is 0 Å². The second kappa shape index (κ2) is 3.81. The topological polar surface area (TPSA) is 3.24 Å². The van der Waals surface area contributed by atoms with Gasteiger partial charge in [-0.25, -0.2) is 0 Å². The summed E-state index contributed by atoms with van der Waals surface area (Å²) in [6.07, 6.45) is 2.91. The molecule has 0 aliphatic carbocycles. The van der Waals surface area contributed by atoms with Crippen molar-refractivity contribution >= 4 is 22.5 Å². The third kappa shape index (κ3) is 2.46. The second-order valence-corrected chi connectivity index (χ2v) is 4.33. The van der Waals surface area contributed by atoms with E-state index in [4.69, 9.17) is 0 Å². The zero-order valence-corrected chi connectivity index (χ0v) is 9.43. The molecule has 0 atom stereocenters. The summed E-state index contributed by atoms with van der Waals surface area (Å²) in [5, 5.41) is 0. The van der Waals surface area contributed by atoms with Crippen molar-refractivity contribution in [3.8, 4) is 0 Å². The molecule has 9 heavy (non-hydrogen) atoms. The van der Waals surface area contributed by atoms with Crippen molar-refractivity contribution in [1.82, 2.24) is 4.90 Å². The average Bonchev–Trinajstić information content (AvgIpc) is 1.90. The van der Waals surface area contributed by atoms with E-state index in [-0.39, 0.29) is 0 Å². The molecule has 0 amide bonds. The van der Waals surface area contributed by atoms with Crippen molar-refractivity contribution in [2.24, 2.45) is 5.92 Å². The molecule has 0 spiro atoms. The van der Waals surface area contributed by atoms with Crippen LogP contribution in [0.2, 0.25) is 4.44 Å². The van der Waals surface area contributed by atoms with Crippen molar-refractivity contribution in [3.63, 3.8) is 0 Å². The molecule has 1 saturated heterocycles. The first kappa shape index (κ1) is 7.86. The summed E-state index contributed by atoms with van der Waals surface area (Å²) >= 11 is 1.46. The van der Waals surface area contributed by atoms with Gasteiger partial charge in [0.15, 0.2) is 0 Å². The SMILES string of the molecule is CN1CCC([CH2][SnH])CC1. The van der Waals surface area contributed by atoms with Crippen LogP contribution in [0.1, 0.15) is 12.8 Å². The Morgan fingerprint density at radius 2 is 2.00 bits per heavy atom. The summed E-state index contributed by atoms with van der Waals surface area (Å²) in [6.45, 7) is 2.68. The van der Waals surface area contributed by atoms with Crippen molar-refractivity contribution in [2.45, 2.75) is 17.3 Å². The van der Waals surface area contributed by atoms with Crippen molar-refractivity contribution < 1.29 is 0 Å². The number of piperidine rings is 1. The van der Waals surface area contributed by atoms with Crippen LogP contribution >= 0.6 is 0 Å². The summed E-state index contributed by atoms with van der Waals surface area (Å²) < 4.78 is 1.51. The van der Waals surface area contributed by atoms with Crippen LogP contribution < -0.4 is 0 Å². The zero-order valence-electron chi connectivity index (χ0n) is 6.14. The fourth-order valence-corrected chi connectivity index (χ4v) is 2.64. The van der Waals surface area contributed by atoms with Crippen LogP contribution in [0.3, 0.4) is 0 Å². The van der Waals surface area contributed by atoms with Crippen LogP contribution in [0.4, 0.5) is 0 Å². The summed E-state index contributed by atoms with van der Waals surface area (Å²) in [5.74, 6) is 1.09. The predicted molar refractivity (Wildman–Crippen MR) is 42.2 cm³/mol. The van der Waals surface area contributed by atoms with E-state index in [0.29, 0.717) is 0 Å². The molecular weight excluding hydrogens is 217 g/mol. The van der Waals surface area contributed by atoms with Gasteiger partial charge >= 0.3 is 70.8 Å². The molecule has 0 bridgehead atoms. The van der Waals surface area contributed by atoms with Crippen molar-refractivity contribution in [1.29, 1.82) is 0 Å². The Morgan fingerprint density at radius 1 is 1.44 bits per heavy atom. The Balaban J connectivity index is 2.18. The summed E-state index contributed by atoms with van der Waals surface area (Å²) in [7, 11) is 2.22. The predicted octanol–water partition coefficient (Wildman–Crippen LogP) is 0.647. The first-order chi connectivity index (χ1) is 4.33. The Hall–Kier alpha value is 0.759. The molecule has 0 aromatic rings. The second-order valence-electron chi connectivity index (χ2n) is 2.98. The normalized spacial score (nSPS) is 24.7. The summed E-state index contributed by atoms with van der Waals surface area (Å²) in [6, 6.07) is 0. The molecular formula is C7H15NSn. The van der Waals surface area contributed by atoms with Gasteiger partial charge in [-0.2, -0.15) is 0 Å². The van der Waals surface area contributed by atoms with E-state index < -0.39 is 0 Å². The van der Waals surface area contributed by atoms with E-state index >= 15 is 0 Å². The van der Waals surface area contributed by atoms with Crippen LogP contribution in [-0.4, -0.2) is 47.6 Å². The molecule has 0 aromatic carbocycles. The molecule has 2 radical (unpaired) electrons. The van der Waals surface area contributed by atoms with E-state index in [1.54, 1.807) is 0 Å². The maximum atomic E-state index is 2.44. The number of hydrogen-bond donors (Lipinski definition) is 0. The van der Waals surface area contributed by atoms with Crippen LogP contribution in [0.25, 0.3) is 0 Å². The Labute approximate surface area is 70.9 Å². The van der Waals surface area contributed by atoms with Crippen molar-refractivity contribution in [2.75, 3.05) is 20.1 Å². The standard InChI is InChI=1S/C7H14N.Sn.H/c1-7-3-5-8(2)6-4-7;;/h7H,1,3-6H2,2H3;;. The zero-order chi connectivity index (χ0) is 6.69. The minimum absolute atomic E-state index is 1.09. The minimum atomic E-state index is 1.09. The Morgan fingerprint density at radius 3 is 2.44 bits per heavy atom. The van der Waals surface area contributed by atoms with E-state index in [0.717, 1.165) is 5.92 Å². The van der Waals surface area contributed by atoms with E-state index in [9.17, 15) is 0 Å². The van der Waals surface area contributed by atoms with Crippen LogP contribution in [0.5, 0.6) is 0 Å². The van der Waals surface area contributed by atoms with Gasteiger partial charge in [0.2, 0.25) is 0 Å². The van der Waals surface area contributed by atoms with Gasteiger partial charge in [-0.05, 0) is 0 Å². The first-order valence-corrected chi connectivity index (χ1v) is 6.04. The van der Waals surface area contributed by atoms with Crippen molar-refractivity contribution in [3.05, 3.63) is 0 Å². The average molecular weight is 232 g/mol. The molecule has 0 aromatic heterocycles. The van der Waals surface area contributed by atoms with Crippen LogP contribution in [-0.2, 0) is 0 Å². The molecule has 1 fully saturated rings. The number of rotatable bonds is 1. The molecule has 0 N–H and O–H groups in total. The molecule has 2 heteroatoms. The molecule has 52 valence electrons. The van der Waals surface area contributed by atoms with Gasteiger partial charge in [-0.1, -0.05) is 0 Å². The van der Waals surface area contributed by atoms with Gasteiger partial charge in [0.1, 0.15) is 0 Å². The van der Waals surface area contributed by atoms with Gasteiger partial charge in [-0.15, -0.1) is 0 Å². The van der Waals surface area contributed by atoms with E-state index in [1.165, 1.54) is 52.9 Å². The molecule has 0 unspecified atom stereocenters. The first-order valence-electron chi connectivity index (χ1n) is 3.71. The quantitative estimate of drug-likeness (QED) is 0.600. The molecule has 1 aliphatic rings. The monoisotopic (exact) mass is 233 g/mol. The molecule has 0 saturated carbocycles. The number of likely N-dealkylation sites (tertiary alicyclic amines) is 1. The number of hydrogen-bond acceptors (Lipinski definition) is 1. The van der Waals surface area contributed by atoms with Gasteiger partial charge in [0.25, 0.3) is 0 Å². The molecule has 1 aliphatic heterocycles. The third-order valence-corrected chi connectivity index (χ3v) is 4.07. The fraction of sp³-hybridized carbons (Fsp3) is 1.00. The third-order valence-electron chi connectivity index (χ3n) is 2.17. The molecule has 1 nitrogen and oxygen atoms in total. The van der Waals surface area contributed by atoms with Gasteiger partial charge in [-0.3, -0.25) is 0 Å². The number of nitrogens with zero attached hydrogens (tertiary/aromatic N) is 1. The van der Waals surface area contributed by atoms with Gasteiger partial charge in [0, 0.05) is 0 Å².